The standard InChI is InChI=1S/C19H29F2N3O2S/c1-3-4-9-25-14-10-15(11-14)26-17-12-16(23-18(24-17)27-2)22-13-5-7-19(20,21)8-6-13/h12-15H,3-11H2,1-2H3,(H,22,23,24). The molecule has 0 aliphatic heterocycles. The van der Waals surface area contributed by atoms with Crippen molar-refractivity contribution < 1.29 is 18.3 Å². The number of nitrogens with zero attached hydrogens (tertiary/aromatic N) is 2. The Bertz CT molecular complexity index is 605. The molecule has 3 rings (SSSR count). The second-order valence-electron chi connectivity index (χ2n) is 7.41. The Kier molecular flexibility index (Phi) is 7.14. The van der Waals surface area contributed by atoms with Gasteiger partial charge in [0, 0.05) is 44.4 Å². The molecule has 0 radical (unpaired) electrons. The quantitative estimate of drug-likeness (QED) is 0.360. The summed E-state index contributed by atoms with van der Waals surface area (Å²) in [4.78, 5) is 8.87. The fraction of sp³-hybridized carbons (Fsp3) is 0.789. The Hall–Kier alpha value is -1.15. The summed E-state index contributed by atoms with van der Waals surface area (Å²) in [6.45, 7) is 2.96. The van der Waals surface area contributed by atoms with E-state index in [0.717, 1.165) is 32.3 Å². The zero-order valence-electron chi connectivity index (χ0n) is 16.0. The van der Waals surface area contributed by atoms with Crippen molar-refractivity contribution in [1.29, 1.82) is 0 Å². The van der Waals surface area contributed by atoms with Crippen molar-refractivity contribution >= 4 is 17.6 Å². The lowest BCUT2D eigenvalue weighted by Crippen LogP contribution is -2.39. The van der Waals surface area contributed by atoms with Crippen LogP contribution in [0.25, 0.3) is 0 Å². The van der Waals surface area contributed by atoms with Gasteiger partial charge < -0.3 is 14.8 Å². The van der Waals surface area contributed by atoms with Crippen molar-refractivity contribution in [2.75, 3.05) is 18.2 Å². The van der Waals surface area contributed by atoms with Gasteiger partial charge in [-0.25, -0.2) is 13.8 Å². The minimum Gasteiger partial charge on any atom is -0.474 e. The highest BCUT2D eigenvalue weighted by atomic mass is 32.2. The van der Waals surface area contributed by atoms with Crippen molar-refractivity contribution in [1.82, 2.24) is 9.97 Å². The molecular formula is C19H29F2N3O2S. The SMILES string of the molecule is CCCCOC1CC(Oc2cc(NC3CCC(F)(F)CC3)nc(SC)n2)C1. The van der Waals surface area contributed by atoms with E-state index in [1.165, 1.54) is 11.8 Å². The molecule has 1 aromatic rings. The monoisotopic (exact) mass is 401 g/mol. The molecule has 0 unspecified atom stereocenters. The molecule has 0 bridgehead atoms. The number of alkyl halides is 2. The fourth-order valence-corrected chi connectivity index (χ4v) is 3.71. The maximum absolute atomic E-state index is 13.3. The van der Waals surface area contributed by atoms with E-state index < -0.39 is 5.92 Å². The number of hydrogen-bond donors (Lipinski definition) is 1. The first-order valence-electron chi connectivity index (χ1n) is 9.83. The Balaban J connectivity index is 1.52. The molecule has 5 nitrogen and oxygen atoms in total. The highest BCUT2D eigenvalue weighted by Gasteiger charge is 2.35. The van der Waals surface area contributed by atoms with Crippen LogP contribution in [0.4, 0.5) is 14.6 Å². The van der Waals surface area contributed by atoms with Crippen molar-refractivity contribution in [2.45, 2.75) is 87.6 Å². The predicted octanol–water partition coefficient (Wildman–Crippen LogP) is 4.91. The van der Waals surface area contributed by atoms with E-state index in [4.69, 9.17) is 9.47 Å². The molecule has 0 atom stereocenters. The number of unbranched alkanes of at least 4 members (excludes halogenated alkanes) is 1. The molecule has 0 aromatic carbocycles. The molecule has 2 aliphatic carbocycles. The van der Waals surface area contributed by atoms with Gasteiger partial charge in [-0.2, -0.15) is 4.98 Å². The summed E-state index contributed by atoms with van der Waals surface area (Å²) in [5, 5.41) is 3.90. The molecule has 0 spiro atoms. The molecule has 2 aliphatic rings. The van der Waals surface area contributed by atoms with E-state index in [-0.39, 0.29) is 31.1 Å². The summed E-state index contributed by atoms with van der Waals surface area (Å²) in [6, 6.07) is 1.79. The van der Waals surface area contributed by atoms with Crippen LogP contribution < -0.4 is 10.1 Å². The second kappa shape index (κ2) is 9.37. The van der Waals surface area contributed by atoms with Crippen LogP contribution in [0.15, 0.2) is 11.2 Å². The molecule has 27 heavy (non-hydrogen) atoms. The van der Waals surface area contributed by atoms with Gasteiger partial charge in [0.2, 0.25) is 11.8 Å². The van der Waals surface area contributed by atoms with Gasteiger partial charge in [0.05, 0.1) is 6.10 Å². The molecule has 2 fully saturated rings. The lowest BCUT2D eigenvalue weighted by molar-refractivity contribution is -0.0627. The van der Waals surface area contributed by atoms with E-state index in [9.17, 15) is 8.78 Å². The summed E-state index contributed by atoms with van der Waals surface area (Å²) >= 11 is 1.44. The van der Waals surface area contributed by atoms with Crippen molar-refractivity contribution in [3.8, 4) is 5.88 Å². The highest BCUT2D eigenvalue weighted by Crippen LogP contribution is 2.35. The number of ether oxygens (including phenoxy) is 2. The van der Waals surface area contributed by atoms with Crippen molar-refractivity contribution in [3.63, 3.8) is 0 Å². The van der Waals surface area contributed by atoms with Crippen LogP contribution in [0.5, 0.6) is 5.88 Å². The Morgan fingerprint density at radius 1 is 1.22 bits per heavy atom. The third-order valence-electron chi connectivity index (χ3n) is 5.12. The van der Waals surface area contributed by atoms with E-state index in [2.05, 4.69) is 22.2 Å². The maximum atomic E-state index is 13.3. The second-order valence-corrected chi connectivity index (χ2v) is 8.18. The number of aromatic nitrogens is 2. The maximum Gasteiger partial charge on any atom is 0.248 e. The average molecular weight is 402 g/mol. The van der Waals surface area contributed by atoms with Crippen LogP contribution in [0.1, 0.15) is 58.3 Å². The third kappa shape index (κ3) is 6.17. The van der Waals surface area contributed by atoms with Gasteiger partial charge in [0.25, 0.3) is 0 Å². The van der Waals surface area contributed by atoms with E-state index >= 15 is 0 Å². The minimum atomic E-state index is -2.53. The molecule has 2 saturated carbocycles. The number of hydrogen-bond acceptors (Lipinski definition) is 6. The summed E-state index contributed by atoms with van der Waals surface area (Å²) in [6.07, 6.45) is 7.03. The number of halogens is 2. The summed E-state index contributed by atoms with van der Waals surface area (Å²) in [7, 11) is 0. The number of nitrogens with one attached hydrogen (secondary N) is 1. The van der Waals surface area contributed by atoms with E-state index in [1.54, 1.807) is 6.07 Å². The normalized spacial score (nSPS) is 25.0. The van der Waals surface area contributed by atoms with Crippen LogP contribution >= 0.6 is 11.8 Å². The van der Waals surface area contributed by atoms with Crippen molar-refractivity contribution in [3.05, 3.63) is 6.07 Å². The zero-order valence-corrected chi connectivity index (χ0v) is 16.9. The van der Waals surface area contributed by atoms with Crippen LogP contribution in [0.3, 0.4) is 0 Å². The lowest BCUT2D eigenvalue weighted by atomic mass is 9.92. The Morgan fingerprint density at radius 3 is 2.63 bits per heavy atom. The van der Waals surface area contributed by atoms with Crippen LogP contribution in [-0.4, -0.2) is 47.0 Å². The zero-order chi connectivity index (χ0) is 19.3. The van der Waals surface area contributed by atoms with Gasteiger partial charge in [-0.3, -0.25) is 0 Å². The van der Waals surface area contributed by atoms with Gasteiger partial charge in [0.1, 0.15) is 11.9 Å². The largest absolute Gasteiger partial charge is 0.474 e. The molecule has 0 saturated heterocycles. The summed E-state index contributed by atoms with van der Waals surface area (Å²) in [5.41, 5.74) is 0. The molecule has 1 N–H and O–H groups in total. The molecular weight excluding hydrogens is 372 g/mol. The fourth-order valence-electron chi connectivity index (χ4n) is 3.34. The van der Waals surface area contributed by atoms with Crippen LogP contribution in [0.2, 0.25) is 0 Å². The van der Waals surface area contributed by atoms with E-state index in [0.29, 0.717) is 29.7 Å². The summed E-state index contributed by atoms with van der Waals surface area (Å²) in [5.74, 6) is -1.34. The Labute approximate surface area is 164 Å². The number of anilines is 1. The van der Waals surface area contributed by atoms with Gasteiger partial charge in [0.15, 0.2) is 5.16 Å². The van der Waals surface area contributed by atoms with Crippen molar-refractivity contribution in [2.24, 2.45) is 0 Å². The van der Waals surface area contributed by atoms with Gasteiger partial charge in [-0.1, -0.05) is 25.1 Å². The smallest absolute Gasteiger partial charge is 0.248 e. The molecule has 1 heterocycles. The van der Waals surface area contributed by atoms with Gasteiger partial charge >= 0.3 is 0 Å². The predicted molar refractivity (Wildman–Crippen MR) is 103 cm³/mol. The topological polar surface area (TPSA) is 56.3 Å². The van der Waals surface area contributed by atoms with Crippen LogP contribution in [0, 0.1) is 0 Å². The first-order valence-corrected chi connectivity index (χ1v) is 11.1. The van der Waals surface area contributed by atoms with E-state index in [1.807, 2.05) is 6.26 Å². The van der Waals surface area contributed by atoms with Gasteiger partial charge in [-0.05, 0) is 25.5 Å². The number of rotatable bonds is 9. The first kappa shape index (κ1) is 20.6. The lowest BCUT2D eigenvalue weighted by Gasteiger charge is -2.35. The first-order chi connectivity index (χ1) is 13.0. The molecule has 152 valence electrons. The minimum absolute atomic E-state index is 0.0159. The molecule has 1 aromatic heterocycles. The summed E-state index contributed by atoms with van der Waals surface area (Å²) < 4.78 is 38.4. The molecule has 0 amide bonds. The van der Waals surface area contributed by atoms with Gasteiger partial charge in [-0.15, -0.1) is 0 Å². The Morgan fingerprint density at radius 2 is 1.96 bits per heavy atom. The number of thioether (sulfide) groups is 1. The molecule has 8 heteroatoms. The highest BCUT2D eigenvalue weighted by molar-refractivity contribution is 7.98. The third-order valence-corrected chi connectivity index (χ3v) is 5.67. The average Bonchev–Trinajstić information content (AvgIpc) is 2.61. The van der Waals surface area contributed by atoms with Crippen LogP contribution in [-0.2, 0) is 4.74 Å².